The van der Waals surface area contributed by atoms with Crippen LogP contribution in [0, 0.1) is 5.92 Å². The second-order valence-electron chi connectivity index (χ2n) is 7.35. The van der Waals surface area contributed by atoms with E-state index in [2.05, 4.69) is 26.1 Å². The van der Waals surface area contributed by atoms with Gasteiger partial charge < -0.3 is 5.32 Å². The van der Waals surface area contributed by atoms with E-state index in [4.69, 9.17) is 4.98 Å². The van der Waals surface area contributed by atoms with Crippen LogP contribution in [0.15, 0.2) is 9.95 Å². The van der Waals surface area contributed by atoms with Crippen LogP contribution in [0.5, 0.6) is 0 Å². The highest BCUT2D eigenvalue weighted by Gasteiger charge is 2.24. The average molecular weight is 408 g/mol. The summed E-state index contributed by atoms with van der Waals surface area (Å²) >= 11 is 3.03. The van der Waals surface area contributed by atoms with E-state index >= 15 is 0 Å². The second kappa shape index (κ2) is 8.78. The summed E-state index contributed by atoms with van der Waals surface area (Å²) in [5.74, 6) is 0.961. The van der Waals surface area contributed by atoms with Crippen molar-refractivity contribution in [2.24, 2.45) is 5.92 Å². The van der Waals surface area contributed by atoms with Gasteiger partial charge in [0.05, 0.1) is 11.1 Å². The third-order valence-electron chi connectivity index (χ3n) is 5.38. The number of carbonyl (C=O) groups excluding carboxylic acids is 1. The summed E-state index contributed by atoms with van der Waals surface area (Å²) in [6, 6.07) is 0.216. The predicted molar refractivity (Wildman–Crippen MR) is 114 cm³/mol. The third kappa shape index (κ3) is 4.24. The Labute approximate surface area is 169 Å². The van der Waals surface area contributed by atoms with Crippen molar-refractivity contribution in [1.82, 2.24) is 14.9 Å². The first-order chi connectivity index (χ1) is 13.0. The van der Waals surface area contributed by atoms with Crippen LogP contribution in [-0.2, 0) is 24.2 Å². The Balaban J connectivity index is 1.88. The van der Waals surface area contributed by atoms with Crippen LogP contribution in [0.25, 0.3) is 10.2 Å². The normalized spacial score (nSPS) is 16.7. The van der Waals surface area contributed by atoms with Gasteiger partial charge in [-0.2, -0.15) is 0 Å². The van der Waals surface area contributed by atoms with Gasteiger partial charge in [-0.05, 0) is 50.5 Å². The molecule has 0 radical (unpaired) electrons. The zero-order valence-electron chi connectivity index (χ0n) is 16.6. The molecule has 1 aliphatic carbocycles. The number of thiophene rings is 1. The summed E-state index contributed by atoms with van der Waals surface area (Å²) in [5, 5.41) is 4.52. The topological polar surface area (TPSA) is 64.0 Å². The maximum absolute atomic E-state index is 13.1. The highest BCUT2D eigenvalue weighted by atomic mass is 32.2. The summed E-state index contributed by atoms with van der Waals surface area (Å²) in [6.07, 6.45) is 5.01. The molecule has 148 valence electrons. The van der Waals surface area contributed by atoms with Crippen LogP contribution < -0.4 is 10.9 Å². The molecule has 2 aromatic heterocycles. The van der Waals surface area contributed by atoms with Gasteiger partial charge in [-0.3, -0.25) is 14.2 Å². The van der Waals surface area contributed by atoms with Gasteiger partial charge in [0.15, 0.2) is 5.16 Å². The molecule has 3 rings (SSSR count). The van der Waals surface area contributed by atoms with Crippen molar-refractivity contribution in [2.45, 2.75) is 77.5 Å². The molecule has 0 bridgehead atoms. The van der Waals surface area contributed by atoms with E-state index in [-0.39, 0.29) is 23.3 Å². The van der Waals surface area contributed by atoms with Crippen LogP contribution in [0.4, 0.5) is 0 Å². The number of aromatic nitrogens is 2. The Morgan fingerprint density at radius 1 is 1.37 bits per heavy atom. The molecule has 0 saturated carbocycles. The summed E-state index contributed by atoms with van der Waals surface area (Å²) in [5.41, 5.74) is 1.27. The van der Waals surface area contributed by atoms with Crippen molar-refractivity contribution >= 4 is 39.2 Å². The molecular formula is C20H29N3O2S2. The van der Waals surface area contributed by atoms with Gasteiger partial charge in [0, 0.05) is 17.5 Å². The molecule has 5 nitrogen and oxygen atoms in total. The number of fused-ring (bicyclic) bond motifs is 3. The molecule has 0 spiro atoms. The number of nitrogens with one attached hydrogen (secondary N) is 1. The molecule has 27 heavy (non-hydrogen) atoms. The molecule has 0 aliphatic heterocycles. The number of carbonyl (C=O) groups is 1. The predicted octanol–water partition coefficient (Wildman–Crippen LogP) is 4.00. The minimum atomic E-state index is 0.00463. The van der Waals surface area contributed by atoms with Gasteiger partial charge in [0.1, 0.15) is 4.83 Å². The fourth-order valence-electron chi connectivity index (χ4n) is 3.69. The number of hydrogen-bond acceptors (Lipinski definition) is 5. The van der Waals surface area contributed by atoms with Crippen LogP contribution in [0.2, 0.25) is 0 Å². The molecule has 1 amide bonds. The standard InChI is InChI=1S/C20H29N3O2S2/c1-5-13(6-2)21-16(24)11-26-20-22-18-17(19(25)23(20)7-3)14-9-8-12(4)10-15(14)27-18/h12-13H,5-11H2,1-4H3,(H,21,24)/t12-/m1/s1. The Kier molecular flexibility index (Phi) is 6.63. The first-order valence-corrected chi connectivity index (χ1v) is 11.8. The van der Waals surface area contributed by atoms with Crippen molar-refractivity contribution in [3.63, 3.8) is 0 Å². The lowest BCUT2D eigenvalue weighted by atomic mass is 9.89. The summed E-state index contributed by atoms with van der Waals surface area (Å²) < 4.78 is 1.72. The van der Waals surface area contributed by atoms with E-state index in [9.17, 15) is 9.59 Å². The van der Waals surface area contributed by atoms with Gasteiger partial charge in [0.25, 0.3) is 5.56 Å². The maximum Gasteiger partial charge on any atom is 0.263 e. The zero-order valence-corrected chi connectivity index (χ0v) is 18.3. The average Bonchev–Trinajstić information content (AvgIpc) is 3.01. The highest BCUT2D eigenvalue weighted by Crippen LogP contribution is 2.36. The van der Waals surface area contributed by atoms with Gasteiger partial charge >= 0.3 is 0 Å². The SMILES string of the molecule is CCC(CC)NC(=O)CSc1nc2sc3c(c2c(=O)n1CC)CC[C@@H](C)C3. The molecule has 0 aromatic carbocycles. The quantitative estimate of drug-likeness (QED) is 0.557. The van der Waals surface area contributed by atoms with E-state index in [0.29, 0.717) is 17.6 Å². The highest BCUT2D eigenvalue weighted by molar-refractivity contribution is 7.99. The number of nitrogens with zero attached hydrogens (tertiary/aromatic N) is 2. The van der Waals surface area contributed by atoms with Crippen molar-refractivity contribution < 1.29 is 4.79 Å². The first-order valence-electron chi connectivity index (χ1n) is 9.95. The summed E-state index contributed by atoms with van der Waals surface area (Å²) in [4.78, 5) is 32.3. The Bertz CT molecular complexity index is 883. The van der Waals surface area contributed by atoms with E-state index < -0.39 is 0 Å². The van der Waals surface area contributed by atoms with Crippen molar-refractivity contribution in [1.29, 1.82) is 0 Å². The van der Waals surface area contributed by atoms with E-state index in [1.165, 1.54) is 22.2 Å². The molecule has 1 N–H and O–H groups in total. The smallest absolute Gasteiger partial charge is 0.263 e. The minimum Gasteiger partial charge on any atom is -0.353 e. The lowest BCUT2D eigenvalue weighted by Gasteiger charge is -2.17. The molecule has 1 aliphatic rings. The maximum atomic E-state index is 13.1. The first kappa shape index (κ1) is 20.4. The molecule has 0 saturated heterocycles. The molecule has 2 heterocycles. The van der Waals surface area contributed by atoms with E-state index in [1.54, 1.807) is 15.9 Å². The lowest BCUT2D eigenvalue weighted by Crippen LogP contribution is -2.35. The lowest BCUT2D eigenvalue weighted by molar-refractivity contribution is -0.119. The van der Waals surface area contributed by atoms with Gasteiger partial charge in [-0.25, -0.2) is 4.98 Å². The summed E-state index contributed by atoms with van der Waals surface area (Å²) in [7, 11) is 0. The number of hydrogen-bond donors (Lipinski definition) is 1. The molecular weight excluding hydrogens is 378 g/mol. The van der Waals surface area contributed by atoms with Gasteiger partial charge in [-0.15, -0.1) is 11.3 Å². The van der Waals surface area contributed by atoms with Crippen molar-refractivity contribution in [3.05, 3.63) is 20.8 Å². The summed E-state index contributed by atoms with van der Waals surface area (Å²) in [6.45, 7) is 8.95. The molecule has 0 fully saturated rings. The Morgan fingerprint density at radius 3 is 2.78 bits per heavy atom. The minimum absolute atomic E-state index is 0.00463. The van der Waals surface area contributed by atoms with Crippen LogP contribution in [-0.4, -0.2) is 27.3 Å². The monoisotopic (exact) mass is 407 g/mol. The Morgan fingerprint density at radius 2 is 2.11 bits per heavy atom. The van der Waals surface area contributed by atoms with Crippen LogP contribution in [0.1, 0.15) is 57.4 Å². The Hall–Kier alpha value is -1.34. The number of rotatable bonds is 7. The van der Waals surface area contributed by atoms with Gasteiger partial charge in [-0.1, -0.05) is 32.5 Å². The number of amides is 1. The van der Waals surface area contributed by atoms with Crippen LogP contribution in [0.3, 0.4) is 0 Å². The number of thioether (sulfide) groups is 1. The fraction of sp³-hybridized carbons (Fsp3) is 0.650. The van der Waals surface area contributed by atoms with E-state index in [1.807, 2.05) is 6.92 Å². The fourth-order valence-corrected chi connectivity index (χ4v) is 5.98. The number of aryl methyl sites for hydroxylation is 1. The van der Waals surface area contributed by atoms with Crippen molar-refractivity contribution in [2.75, 3.05) is 5.75 Å². The van der Waals surface area contributed by atoms with Gasteiger partial charge in [0.2, 0.25) is 5.91 Å². The molecule has 7 heteroatoms. The third-order valence-corrected chi connectivity index (χ3v) is 7.50. The molecule has 1 atom stereocenters. The second-order valence-corrected chi connectivity index (χ2v) is 9.37. The zero-order chi connectivity index (χ0) is 19.6. The molecule has 2 aromatic rings. The molecule has 0 unspecified atom stereocenters. The van der Waals surface area contributed by atoms with Crippen LogP contribution >= 0.6 is 23.1 Å². The largest absolute Gasteiger partial charge is 0.353 e. The van der Waals surface area contributed by atoms with Crippen molar-refractivity contribution in [3.8, 4) is 0 Å². The van der Waals surface area contributed by atoms with E-state index in [0.717, 1.165) is 42.3 Å².